The van der Waals surface area contributed by atoms with Gasteiger partial charge in [-0.25, -0.2) is 0 Å². The Labute approximate surface area is 139 Å². The second-order valence-corrected chi connectivity index (χ2v) is 6.09. The predicted molar refractivity (Wildman–Crippen MR) is 98.2 cm³/mol. The number of carbonyl (C=O) groups is 1. The van der Waals surface area contributed by atoms with Gasteiger partial charge in [-0.15, -0.1) is 0 Å². The van der Waals surface area contributed by atoms with Crippen molar-refractivity contribution in [2.75, 3.05) is 23.3 Å². The van der Waals surface area contributed by atoms with Crippen LogP contribution < -0.4 is 10.2 Å². The van der Waals surface area contributed by atoms with E-state index in [1.807, 2.05) is 49.4 Å². The van der Waals surface area contributed by atoms with E-state index in [2.05, 4.69) is 37.1 Å². The van der Waals surface area contributed by atoms with Crippen LogP contribution in [0.4, 0.5) is 11.4 Å². The zero-order valence-corrected chi connectivity index (χ0v) is 14.5. The van der Waals surface area contributed by atoms with E-state index in [1.54, 1.807) is 0 Å². The quantitative estimate of drug-likeness (QED) is 0.846. The molecule has 3 heteroatoms. The number of amides is 1. The van der Waals surface area contributed by atoms with E-state index in [1.165, 1.54) is 5.56 Å². The maximum Gasteiger partial charge on any atom is 0.243 e. The molecule has 0 aliphatic rings. The molecule has 2 aromatic rings. The van der Waals surface area contributed by atoms with Gasteiger partial charge < -0.3 is 10.2 Å². The van der Waals surface area contributed by atoms with Crippen LogP contribution in [0.1, 0.15) is 37.8 Å². The number of nitrogens with zero attached hydrogens (tertiary/aromatic N) is 1. The standard InChI is InChI=1S/C20H26N2O/c1-5-22(17-11-7-6-8-12-17)14-19(23)21-20-16(4)10-9-13-18(20)15(2)3/h6-13,15H,5,14H2,1-4H3,(H,21,23). The van der Waals surface area contributed by atoms with Gasteiger partial charge in [-0.2, -0.15) is 0 Å². The Bertz CT molecular complexity index is 650. The van der Waals surface area contributed by atoms with E-state index < -0.39 is 0 Å². The highest BCUT2D eigenvalue weighted by molar-refractivity contribution is 5.95. The fraction of sp³-hybridized carbons (Fsp3) is 0.350. The van der Waals surface area contributed by atoms with Gasteiger partial charge in [0.05, 0.1) is 6.54 Å². The molecule has 0 saturated carbocycles. The van der Waals surface area contributed by atoms with E-state index in [0.717, 1.165) is 23.5 Å². The summed E-state index contributed by atoms with van der Waals surface area (Å²) in [6, 6.07) is 16.2. The smallest absolute Gasteiger partial charge is 0.243 e. The molecular formula is C20H26N2O. The minimum atomic E-state index is 0.0203. The number of para-hydroxylation sites is 2. The van der Waals surface area contributed by atoms with Crippen molar-refractivity contribution in [2.45, 2.75) is 33.6 Å². The monoisotopic (exact) mass is 310 g/mol. The third kappa shape index (κ3) is 4.35. The van der Waals surface area contributed by atoms with Crippen LogP contribution in [0.25, 0.3) is 0 Å². The lowest BCUT2D eigenvalue weighted by Gasteiger charge is -2.23. The first-order valence-electron chi connectivity index (χ1n) is 8.22. The van der Waals surface area contributed by atoms with Gasteiger partial charge >= 0.3 is 0 Å². The summed E-state index contributed by atoms with van der Waals surface area (Å²) in [5.74, 6) is 0.397. The Morgan fingerprint density at radius 3 is 2.39 bits per heavy atom. The third-order valence-corrected chi connectivity index (χ3v) is 4.03. The number of hydrogen-bond donors (Lipinski definition) is 1. The zero-order valence-electron chi connectivity index (χ0n) is 14.5. The SMILES string of the molecule is CCN(CC(=O)Nc1c(C)cccc1C(C)C)c1ccccc1. The Morgan fingerprint density at radius 1 is 1.09 bits per heavy atom. The lowest BCUT2D eigenvalue weighted by Crippen LogP contribution is -2.33. The number of benzene rings is 2. The van der Waals surface area contributed by atoms with Crippen LogP contribution in [0.2, 0.25) is 0 Å². The van der Waals surface area contributed by atoms with Gasteiger partial charge in [0.25, 0.3) is 0 Å². The van der Waals surface area contributed by atoms with Crippen LogP contribution in [0, 0.1) is 6.92 Å². The molecule has 0 aromatic heterocycles. The molecule has 0 bridgehead atoms. The summed E-state index contributed by atoms with van der Waals surface area (Å²) < 4.78 is 0. The van der Waals surface area contributed by atoms with Crippen molar-refractivity contribution >= 4 is 17.3 Å². The molecule has 0 aliphatic heterocycles. The number of aryl methyl sites for hydroxylation is 1. The highest BCUT2D eigenvalue weighted by atomic mass is 16.2. The molecule has 0 spiro atoms. The van der Waals surface area contributed by atoms with Crippen molar-refractivity contribution in [3.05, 3.63) is 59.7 Å². The lowest BCUT2D eigenvalue weighted by molar-refractivity contribution is -0.115. The predicted octanol–water partition coefficient (Wildman–Crippen LogP) is 4.58. The summed E-state index contributed by atoms with van der Waals surface area (Å²) in [7, 11) is 0. The summed E-state index contributed by atoms with van der Waals surface area (Å²) in [6.07, 6.45) is 0. The highest BCUT2D eigenvalue weighted by Crippen LogP contribution is 2.27. The minimum absolute atomic E-state index is 0.0203. The number of rotatable bonds is 6. The molecule has 0 atom stereocenters. The molecule has 0 heterocycles. The average molecular weight is 310 g/mol. The number of carbonyl (C=O) groups excluding carboxylic acids is 1. The number of nitrogens with one attached hydrogen (secondary N) is 1. The van der Waals surface area contributed by atoms with Crippen LogP contribution in [0.3, 0.4) is 0 Å². The van der Waals surface area contributed by atoms with E-state index in [9.17, 15) is 4.79 Å². The van der Waals surface area contributed by atoms with Gasteiger partial charge in [-0.1, -0.05) is 50.2 Å². The van der Waals surface area contributed by atoms with E-state index >= 15 is 0 Å². The van der Waals surface area contributed by atoms with Gasteiger partial charge in [0, 0.05) is 17.9 Å². The number of hydrogen-bond acceptors (Lipinski definition) is 2. The lowest BCUT2D eigenvalue weighted by atomic mass is 9.98. The number of likely N-dealkylation sites (N-methyl/N-ethyl adjacent to an activating group) is 1. The molecule has 2 rings (SSSR count). The highest BCUT2D eigenvalue weighted by Gasteiger charge is 2.14. The van der Waals surface area contributed by atoms with E-state index in [-0.39, 0.29) is 5.91 Å². The molecule has 122 valence electrons. The van der Waals surface area contributed by atoms with Gasteiger partial charge in [0.2, 0.25) is 5.91 Å². The molecule has 3 nitrogen and oxygen atoms in total. The molecule has 0 radical (unpaired) electrons. The largest absolute Gasteiger partial charge is 0.362 e. The first kappa shape index (κ1) is 17.1. The maximum absolute atomic E-state index is 12.5. The van der Waals surface area contributed by atoms with Crippen LogP contribution in [0.5, 0.6) is 0 Å². The van der Waals surface area contributed by atoms with Crippen LogP contribution in [0.15, 0.2) is 48.5 Å². The Hall–Kier alpha value is -2.29. The van der Waals surface area contributed by atoms with Gasteiger partial charge in [-0.3, -0.25) is 4.79 Å². The van der Waals surface area contributed by atoms with Gasteiger partial charge in [-0.05, 0) is 43.0 Å². The van der Waals surface area contributed by atoms with Gasteiger partial charge in [0.15, 0.2) is 0 Å². The first-order valence-corrected chi connectivity index (χ1v) is 8.22. The molecule has 23 heavy (non-hydrogen) atoms. The fourth-order valence-electron chi connectivity index (χ4n) is 2.72. The fourth-order valence-corrected chi connectivity index (χ4v) is 2.72. The summed E-state index contributed by atoms with van der Waals surface area (Å²) in [5, 5.41) is 3.11. The van der Waals surface area contributed by atoms with Crippen molar-refractivity contribution in [2.24, 2.45) is 0 Å². The Morgan fingerprint density at radius 2 is 1.78 bits per heavy atom. The Kier molecular flexibility index (Phi) is 5.80. The van der Waals surface area contributed by atoms with Crippen molar-refractivity contribution in [1.29, 1.82) is 0 Å². The summed E-state index contributed by atoms with van der Waals surface area (Å²) in [4.78, 5) is 14.6. The topological polar surface area (TPSA) is 32.3 Å². The molecule has 1 amide bonds. The third-order valence-electron chi connectivity index (χ3n) is 4.03. The zero-order chi connectivity index (χ0) is 16.8. The van der Waals surface area contributed by atoms with Crippen LogP contribution >= 0.6 is 0 Å². The average Bonchev–Trinajstić information content (AvgIpc) is 2.55. The molecule has 0 unspecified atom stereocenters. The number of anilines is 2. The summed E-state index contributed by atoms with van der Waals surface area (Å²) in [6.45, 7) is 9.54. The normalized spacial score (nSPS) is 10.7. The van der Waals surface area contributed by atoms with Crippen molar-refractivity contribution in [1.82, 2.24) is 0 Å². The minimum Gasteiger partial charge on any atom is -0.362 e. The van der Waals surface area contributed by atoms with Crippen LogP contribution in [-0.2, 0) is 4.79 Å². The molecule has 2 aromatic carbocycles. The molecule has 0 saturated heterocycles. The first-order chi connectivity index (χ1) is 11.0. The summed E-state index contributed by atoms with van der Waals surface area (Å²) >= 11 is 0. The molecule has 0 fully saturated rings. The molecule has 1 N–H and O–H groups in total. The summed E-state index contributed by atoms with van der Waals surface area (Å²) in [5.41, 5.74) is 4.31. The van der Waals surface area contributed by atoms with Crippen LogP contribution in [-0.4, -0.2) is 19.0 Å². The van der Waals surface area contributed by atoms with Crippen molar-refractivity contribution in [3.8, 4) is 0 Å². The molecule has 0 aliphatic carbocycles. The van der Waals surface area contributed by atoms with Gasteiger partial charge in [0.1, 0.15) is 0 Å². The second kappa shape index (κ2) is 7.82. The van der Waals surface area contributed by atoms with Crippen molar-refractivity contribution in [3.63, 3.8) is 0 Å². The second-order valence-electron chi connectivity index (χ2n) is 6.09. The van der Waals surface area contributed by atoms with Crippen molar-refractivity contribution < 1.29 is 4.79 Å². The Balaban J connectivity index is 2.14. The van der Waals surface area contributed by atoms with E-state index in [0.29, 0.717) is 12.5 Å². The maximum atomic E-state index is 12.5. The van der Waals surface area contributed by atoms with E-state index in [4.69, 9.17) is 0 Å². The molecular weight excluding hydrogens is 284 g/mol.